The molecule has 0 atom stereocenters. The smallest absolute Gasteiger partial charge is 0.293 e. The van der Waals surface area contributed by atoms with Crippen molar-refractivity contribution < 1.29 is 18.9 Å². The second-order valence-corrected chi connectivity index (χ2v) is 7.85. The summed E-state index contributed by atoms with van der Waals surface area (Å²) in [5.74, 6) is 0.618. The first-order chi connectivity index (χ1) is 13.5. The molecule has 4 rings (SSSR count). The normalized spacial score (nSPS) is 19.6. The highest BCUT2D eigenvalue weighted by molar-refractivity contribution is 8.18. The largest absolute Gasteiger partial charge is 0.457 e. The van der Waals surface area contributed by atoms with Gasteiger partial charge in [0.05, 0.1) is 9.83 Å². The minimum absolute atomic E-state index is 0.0100. The zero-order chi connectivity index (χ0) is 19.7. The van der Waals surface area contributed by atoms with Gasteiger partial charge in [0.1, 0.15) is 11.5 Å². The van der Waals surface area contributed by atoms with Crippen molar-refractivity contribution in [3.05, 3.63) is 57.2 Å². The van der Waals surface area contributed by atoms with Crippen LogP contribution in [-0.4, -0.2) is 27.0 Å². The van der Waals surface area contributed by atoms with Gasteiger partial charge in [0.2, 0.25) is 0 Å². The fraction of sp³-hybridized carbons (Fsp3) is 0.300. The van der Waals surface area contributed by atoms with Gasteiger partial charge in [-0.1, -0.05) is 31.4 Å². The van der Waals surface area contributed by atoms with Crippen LogP contribution in [0.4, 0.5) is 10.5 Å². The number of nitro groups is 1. The summed E-state index contributed by atoms with van der Waals surface area (Å²) >= 11 is 0.931. The highest BCUT2D eigenvalue weighted by Crippen LogP contribution is 2.37. The zero-order valence-corrected chi connectivity index (χ0v) is 15.8. The van der Waals surface area contributed by atoms with Crippen molar-refractivity contribution >= 4 is 34.7 Å². The Kier molecular flexibility index (Phi) is 5.04. The summed E-state index contributed by atoms with van der Waals surface area (Å²) in [5.41, 5.74) is 0.549. The molecule has 1 aromatic heterocycles. The molecule has 2 fully saturated rings. The summed E-state index contributed by atoms with van der Waals surface area (Å²) in [6.45, 7) is 0. The van der Waals surface area contributed by atoms with E-state index in [4.69, 9.17) is 4.42 Å². The molecule has 0 N–H and O–H groups in total. The summed E-state index contributed by atoms with van der Waals surface area (Å²) in [6.07, 6.45) is 6.52. The number of benzene rings is 1. The average Bonchev–Trinajstić information content (AvgIpc) is 3.27. The molecule has 1 saturated carbocycles. The van der Waals surface area contributed by atoms with Gasteiger partial charge in [0, 0.05) is 29.8 Å². The van der Waals surface area contributed by atoms with Crippen LogP contribution in [-0.2, 0) is 4.79 Å². The van der Waals surface area contributed by atoms with Crippen LogP contribution in [0.2, 0.25) is 0 Å². The topological polar surface area (TPSA) is 93.7 Å². The van der Waals surface area contributed by atoms with Crippen LogP contribution >= 0.6 is 11.8 Å². The standard InChI is InChI=1S/C20H18N2O5S/c23-19-18(28-20(24)21(19)14-6-2-1-3-7-14)12-16-9-10-17(27-16)13-5-4-8-15(11-13)22(25)26/h4-5,8-12,14H,1-3,6-7H2. The third-order valence-electron chi connectivity index (χ3n) is 5.01. The lowest BCUT2D eigenvalue weighted by Crippen LogP contribution is -2.39. The molecule has 8 heteroatoms. The van der Waals surface area contributed by atoms with E-state index in [0.29, 0.717) is 22.0 Å². The van der Waals surface area contributed by atoms with Gasteiger partial charge < -0.3 is 4.42 Å². The summed E-state index contributed by atoms with van der Waals surface area (Å²) in [6, 6.07) is 9.51. The number of nitro benzene ring substituents is 1. The minimum Gasteiger partial charge on any atom is -0.457 e. The molecule has 0 radical (unpaired) electrons. The molecule has 2 aliphatic rings. The van der Waals surface area contributed by atoms with Crippen molar-refractivity contribution in [2.75, 3.05) is 0 Å². The van der Waals surface area contributed by atoms with E-state index in [1.165, 1.54) is 17.0 Å². The summed E-state index contributed by atoms with van der Waals surface area (Å²) in [4.78, 5) is 37.3. The van der Waals surface area contributed by atoms with Crippen LogP contribution in [0.1, 0.15) is 37.9 Å². The molecule has 144 valence electrons. The van der Waals surface area contributed by atoms with Gasteiger partial charge in [-0.15, -0.1) is 0 Å². The van der Waals surface area contributed by atoms with Crippen LogP contribution in [0.25, 0.3) is 17.4 Å². The van der Waals surface area contributed by atoms with Gasteiger partial charge in [0.15, 0.2) is 0 Å². The number of imide groups is 1. The van der Waals surface area contributed by atoms with E-state index in [2.05, 4.69) is 0 Å². The Morgan fingerprint density at radius 3 is 2.68 bits per heavy atom. The number of hydrogen-bond donors (Lipinski definition) is 0. The Morgan fingerprint density at radius 1 is 1.14 bits per heavy atom. The maximum Gasteiger partial charge on any atom is 0.293 e. The number of carbonyl (C=O) groups excluding carboxylic acids is 2. The number of amides is 2. The van der Waals surface area contributed by atoms with Gasteiger partial charge in [0.25, 0.3) is 16.8 Å². The lowest BCUT2D eigenvalue weighted by atomic mass is 9.94. The molecule has 0 spiro atoms. The third-order valence-corrected chi connectivity index (χ3v) is 5.89. The Morgan fingerprint density at radius 2 is 1.93 bits per heavy atom. The molecule has 1 aliphatic carbocycles. The van der Waals surface area contributed by atoms with Crippen molar-refractivity contribution in [1.82, 2.24) is 4.90 Å². The fourth-order valence-corrected chi connectivity index (χ4v) is 4.50. The van der Waals surface area contributed by atoms with Crippen LogP contribution < -0.4 is 0 Å². The number of thioether (sulfide) groups is 1. The molecule has 0 bridgehead atoms. The third kappa shape index (κ3) is 3.60. The fourth-order valence-electron chi connectivity index (χ4n) is 3.62. The Hall–Kier alpha value is -2.87. The summed E-state index contributed by atoms with van der Waals surface area (Å²) < 4.78 is 5.74. The highest BCUT2D eigenvalue weighted by atomic mass is 32.2. The SMILES string of the molecule is O=C1SC(=Cc2ccc(-c3cccc([N+](=O)[O-])c3)o2)C(=O)N1C1CCCCC1. The van der Waals surface area contributed by atoms with Crippen molar-refractivity contribution in [2.45, 2.75) is 38.1 Å². The predicted molar refractivity (Wildman–Crippen MR) is 105 cm³/mol. The van der Waals surface area contributed by atoms with E-state index < -0.39 is 4.92 Å². The average molecular weight is 398 g/mol. The lowest BCUT2D eigenvalue weighted by molar-refractivity contribution is -0.384. The quantitative estimate of drug-likeness (QED) is 0.398. The van der Waals surface area contributed by atoms with E-state index in [1.807, 2.05) is 0 Å². The zero-order valence-electron chi connectivity index (χ0n) is 15.0. The minimum atomic E-state index is -0.464. The molecule has 1 saturated heterocycles. The van der Waals surface area contributed by atoms with Crippen molar-refractivity contribution in [1.29, 1.82) is 0 Å². The van der Waals surface area contributed by atoms with Crippen molar-refractivity contribution in [3.8, 4) is 11.3 Å². The molecule has 2 amide bonds. The van der Waals surface area contributed by atoms with Gasteiger partial charge in [-0.2, -0.15) is 0 Å². The predicted octanol–water partition coefficient (Wildman–Crippen LogP) is 5.22. The molecule has 2 aromatic rings. The summed E-state index contributed by atoms with van der Waals surface area (Å²) in [5, 5.41) is 10.7. The summed E-state index contributed by atoms with van der Waals surface area (Å²) in [7, 11) is 0. The number of carbonyl (C=O) groups is 2. The van der Waals surface area contributed by atoms with E-state index in [-0.39, 0.29) is 22.9 Å². The first-order valence-corrected chi connectivity index (χ1v) is 9.96. The second kappa shape index (κ2) is 7.63. The number of rotatable bonds is 4. The first-order valence-electron chi connectivity index (χ1n) is 9.14. The molecule has 0 unspecified atom stereocenters. The number of non-ortho nitro benzene ring substituents is 1. The molecular weight excluding hydrogens is 380 g/mol. The maximum absolute atomic E-state index is 12.7. The molecule has 2 heterocycles. The van der Waals surface area contributed by atoms with Gasteiger partial charge in [-0.05, 0) is 36.7 Å². The van der Waals surface area contributed by atoms with Crippen LogP contribution in [0.3, 0.4) is 0 Å². The van der Waals surface area contributed by atoms with Gasteiger partial charge >= 0.3 is 0 Å². The number of furan rings is 1. The monoisotopic (exact) mass is 398 g/mol. The van der Waals surface area contributed by atoms with E-state index in [0.717, 1.165) is 43.9 Å². The van der Waals surface area contributed by atoms with E-state index in [1.54, 1.807) is 30.3 Å². The molecule has 1 aromatic carbocycles. The number of hydrogen-bond acceptors (Lipinski definition) is 6. The van der Waals surface area contributed by atoms with Crippen LogP contribution in [0.15, 0.2) is 45.7 Å². The molecular formula is C20H18N2O5S. The molecule has 7 nitrogen and oxygen atoms in total. The maximum atomic E-state index is 12.7. The Bertz CT molecular complexity index is 974. The van der Waals surface area contributed by atoms with E-state index >= 15 is 0 Å². The van der Waals surface area contributed by atoms with Crippen molar-refractivity contribution in [2.24, 2.45) is 0 Å². The van der Waals surface area contributed by atoms with Gasteiger partial charge in [-0.3, -0.25) is 24.6 Å². The lowest BCUT2D eigenvalue weighted by Gasteiger charge is -2.28. The van der Waals surface area contributed by atoms with Crippen LogP contribution in [0, 0.1) is 10.1 Å². The first kappa shape index (κ1) is 18.5. The van der Waals surface area contributed by atoms with Crippen LogP contribution in [0.5, 0.6) is 0 Å². The van der Waals surface area contributed by atoms with Gasteiger partial charge in [-0.25, -0.2) is 0 Å². The molecule has 1 aliphatic heterocycles. The highest BCUT2D eigenvalue weighted by Gasteiger charge is 2.40. The van der Waals surface area contributed by atoms with E-state index in [9.17, 15) is 19.7 Å². The van der Waals surface area contributed by atoms with Crippen molar-refractivity contribution in [3.63, 3.8) is 0 Å². The number of nitrogens with zero attached hydrogens (tertiary/aromatic N) is 2. The second-order valence-electron chi connectivity index (χ2n) is 6.85. The molecule has 28 heavy (non-hydrogen) atoms. The Balaban J connectivity index is 1.55. The Labute approximate surface area is 165 Å².